The Kier molecular flexibility index (Phi) is 9.09. The number of nitrogens with zero attached hydrogens (tertiary/aromatic N) is 3. The Balaban J connectivity index is 1.73. The lowest BCUT2D eigenvalue weighted by Gasteiger charge is -2.22. The van der Waals surface area contributed by atoms with Crippen LogP contribution in [-0.2, 0) is 17.8 Å². The summed E-state index contributed by atoms with van der Waals surface area (Å²) in [4.78, 5) is 25.7. The van der Waals surface area contributed by atoms with Crippen molar-refractivity contribution in [2.45, 2.75) is 65.7 Å². The number of amides is 2. The van der Waals surface area contributed by atoms with Crippen LogP contribution in [0, 0.1) is 19.8 Å². The molecule has 0 saturated heterocycles. The molecule has 1 heterocycles. The Morgan fingerprint density at radius 3 is 2.46 bits per heavy atom. The van der Waals surface area contributed by atoms with Crippen LogP contribution in [0.5, 0.6) is 0 Å². The zero-order valence-electron chi connectivity index (χ0n) is 21.4. The lowest BCUT2D eigenvalue weighted by atomic mass is 10.0. The molecule has 0 spiro atoms. The monoisotopic (exact) mass is 493 g/mol. The normalized spacial score (nSPS) is 12.0. The maximum atomic E-state index is 12.9. The van der Waals surface area contributed by atoms with Gasteiger partial charge in [-0.15, -0.1) is 10.2 Å². The van der Waals surface area contributed by atoms with Crippen LogP contribution in [0.3, 0.4) is 0 Å². The molecule has 186 valence electrons. The van der Waals surface area contributed by atoms with E-state index in [9.17, 15) is 9.59 Å². The first-order valence-electron chi connectivity index (χ1n) is 12.1. The number of carbonyl (C=O) groups is 2. The van der Waals surface area contributed by atoms with E-state index in [4.69, 9.17) is 0 Å². The van der Waals surface area contributed by atoms with Crippen LogP contribution >= 0.6 is 11.8 Å². The Morgan fingerprint density at radius 1 is 1.06 bits per heavy atom. The molecule has 3 aromatic rings. The molecule has 0 unspecified atom stereocenters. The van der Waals surface area contributed by atoms with Gasteiger partial charge in [0.05, 0.1) is 11.8 Å². The maximum Gasteiger partial charge on any atom is 0.251 e. The maximum absolute atomic E-state index is 12.9. The van der Waals surface area contributed by atoms with E-state index in [0.29, 0.717) is 23.1 Å². The van der Waals surface area contributed by atoms with Gasteiger partial charge in [0.1, 0.15) is 0 Å². The van der Waals surface area contributed by atoms with Crippen LogP contribution in [0.1, 0.15) is 66.6 Å². The summed E-state index contributed by atoms with van der Waals surface area (Å²) >= 11 is 1.35. The van der Waals surface area contributed by atoms with Gasteiger partial charge in [-0.25, -0.2) is 0 Å². The molecule has 2 N–H and O–H groups in total. The quantitative estimate of drug-likeness (QED) is 0.373. The van der Waals surface area contributed by atoms with Gasteiger partial charge in [-0.2, -0.15) is 0 Å². The number of aromatic nitrogens is 3. The molecule has 3 rings (SSSR count). The number of benzene rings is 2. The molecule has 0 fully saturated rings. The molecule has 0 saturated carbocycles. The van der Waals surface area contributed by atoms with Crippen molar-refractivity contribution in [1.29, 1.82) is 0 Å². The molecule has 2 aromatic carbocycles. The first kappa shape index (κ1) is 26.5. The predicted octanol–water partition coefficient (Wildman–Crippen LogP) is 5.34. The van der Waals surface area contributed by atoms with Crippen LogP contribution in [-0.4, -0.2) is 32.3 Å². The van der Waals surface area contributed by atoms with Gasteiger partial charge < -0.3 is 15.2 Å². The smallest absolute Gasteiger partial charge is 0.251 e. The highest BCUT2D eigenvalue weighted by atomic mass is 32.2. The number of para-hydroxylation sites is 1. The molecule has 0 aliphatic heterocycles. The highest BCUT2D eigenvalue weighted by molar-refractivity contribution is 7.99. The van der Waals surface area contributed by atoms with E-state index in [0.717, 1.165) is 28.8 Å². The van der Waals surface area contributed by atoms with Crippen LogP contribution in [0.25, 0.3) is 0 Å². The molecule has 8 heteroatoms. The predicted molar refractivity (Wildman–Crippen MR) is 142 cm³/mol. The summed E-state index contributed by atoms with van der Waals surface area (Å²) in [5.41, 5.74) is 4.70. The van der Waals surface area contributed by atoms with Crippen molar-refractivity contribution < 1.29 is 9.59 Å². The van der Waals surface area contributed by atoms with E-state index in [2.05, 4.69) is 27.8 Å². The lowest BCUT2D eigenvalue weighted by Crippen LogP contribution is -2.33. The summed E-state index contributed by atoms with van der Waals surface area (Å²) in [6.45, 7) is 12.8. The summed E-state index contributed by atoms with van der Waals surface area (Å²) in [6, 6.07) is 13.3. The SMILES string of the molecule is CCc1cccc(C)c1NC(=O)CSc1nnc([C@@H](NC(=O)c2cccc(C)c2)C(C)C)n1CC. The molecule has 0 radical (unpaired) electrons. The molecule has 35 heavy (non-hydrogen) atoms. The largest absolute Gasteiger partial charge is 0.342 e. The van der Waals surface area contributed by atoms with Crippen molar-refractivity contribution >= 4 is 29.3 Å². The van der Waals surface area contributed by atoms with Gasteiger partial charge in [0.15, 0.2) is 11.0 Å². The van der Waals surface area contributed by atoms with Crippen molar-refractivity contribution in [3.05, 3.63) is 70.5 Å². The van der Waals surface area contributed by atoms with Gasteiger partial charge in [-0.05, 0) is 56.4 Å². The molecular weight excluding hydrogens is 458 g/mol. The summed E-state index contributed by atoms with van der Waals surface area (Å²) in [5, 5.41) is 15.6. The fourth-order valence-corrected chi connectivity index (χ4v) is 4.79. The molecule has 1 aromatic heterocycles. The Hall–Kier alpha value is -3.13. The van der Waals surface area contributed by atoms with E-state index in [1.54, 1.807) is 0 Å². The number of thioether (sulfide) groups is 1. The van der Waals surface area contributed by atoms with Crippen LogP contribution in [0.4, 0.5) is 5.69 Å². The average Bonchev–Trinajstić information content (AvgIpc) is 3.24. The first-order valence-corrected chi connectivity index (χ1v) is 13.0. The van der Waals surface area contributed by atoms with Crippen molar-refractivity contribution in [3.63, 3.8) is 0 Å². The lowest BCUT2D eigenvalue weighted by molar-refractivity contribution is -0.113. The Morgan fingerprint density at radius 2 is 1.80 bits per heavy atom. The van der Waals surface area contributed by atoms with Gasteiger partial charge in [0.25, 0.3) is 5.91 Å². The Labute approximate surface area is 212 Å². The third kappa shape index (κ3) is 6.51. The van der Waals surface area contributed by atoms with Crippen LogP contribution in [0.2, 0.25) is 0 Å². The van der Waals surface area contributed by atoms with Crippen molar-refractivity contribution in [1.82, 2.24) is 20.1 Å². The Bertz CT molecular complexity index is 1190. The average molecular weight is 494 g/mol. The second kappa shape index (κ2) is 12.0. The van der Waals surface area contributed by atoms with E-state index in [1.807, 2.05) is 81.7 Å². The number of rotatable bonds is 10. The minimum atomic E-state index is -0.308. The summed E-state index contributed by atoms with van der Waals surface area (Å²) in [6.07, 6.45) is 0.850. The molecule has 1 atom stereocenters. The second-order valence-corrected chi connectivity index (χ2v) is 9.89. The number of aryl methyl sites for hydroxylation is 3. The molecule has 2 amide bonds. The summed E-state index contributed by atoms with van der Waals surface area (Å²) in [7, 11) is 0. The van der Waals surface area contributed by atoms with Crippen LogP contribution < -0.4 is 10.6 Å². The highest BCUT2D eigenvalue weighted by Gasteiger charge is 2.26. The van der Waals surface area contributed by atoms with E-state index >= 15 is 0 Å². The van der Waals surface area contributed by atoms with Gasteiger partial charge in [0.2, 0.25) is 5.91 Å². The standard InChI is InChI=1S/C27H35N5O2S/c1-7-20-13-10-12-19(6)24(20)28-22(33)16-35-27-31-30-25(32(27)8-2)23(17(3)4)29-26(34)21-14-9-11-18(5)15-21/h9-15,17,23H,7-8,16H2,1-6H3,(H,28,33)(H,29,34)/t23-/m0/s1. The van der Waals surface area contributed by atoms with Crippen LogP contribution in [0.15, 0.2) is 47.6 Å². The number of carbonyl (C=O) groups excluding carboxylic acids is 2. The first-order chi connectivity index (χ1) is 16.7. The van der Waals surface area contributed by atoms with E-state index < -0.39 is 0 Å². The van der Waals surface area contributed by atoms with Crippen molar-refractivity contribution in [2.24, 2.45) is 5.92 Å². The van der Waals surface area contributed by atoms with Gasteiger partial charge in [-0.3, -0.25) is 9.59 Å². The zero-order chi connectivity index (χ0) is 25.5. The van der Waals surface area contributed by atoms with Gasteiger partial charge in [-0.1, -0.05) is 68.4 Å². The van der Waals surface area contributed by atoms with Crippen molar-refractivity contribution in [2.75, 3.05) is 11.1 Å². The molecule has 0 bridgehead atoms. The number of anilines is 1. The topological polar surface area (TPSA) is 88.9 Å². The number of nitrogens with one attached hydrogen (secondary N) is 2. The third-order valence-corrected chi connectivity index (χ3v) is 6.88. The summed E-state index contributed by atoms with van der Waals surface area (Å²) in [5.74, 6) is 0.792. The third-order valence-electron chi connectivity index (χ3n) is 5.91. The number of hydrogen-bond donors (Lipinski definition) is 2. The minimum Gasteiger partial charge on any atom is -0.342 e. The zero-order valence-corrected chi connectivity index (χ0v) is 22.2. The second-order valence-electron chi connectivity index (χ2n) is 8.95. The highest BCUT2D eigenvalue weighted by Crippen LogP contribution is 2.26. The summed E-state index contributed by atoms with van der Waals surface area (Å²) < 4.78 is 1.98. The van der Waals surface area contributed by atoms with E-state index in [-0.39, 0.29) is 29.5 Å². The van der Waals surface area contributed by atoms with Gasteiger partial charge in [0, 0.05) is 17.8 Å². The number of hydrogen-bond acceptors (Lipinski definition) is 5. The molecule has 0 aliphatic rings. The molecule has 7 nitrogen and oxygen atoms in total. The molecular formula is C27H35N5O2S. The van der Waals surface area contributed by atoms with Gasteiger partial charge >= 0.3 is 0 Å². The van der Waals surface area contributed by atoms with E-state index in [1.165, 1.54) is 11.8 Å². The molecule has 0 aliphatic carbocycles. The fraction of sp³-hybridized carbons (Fsp3) is 0.407. The van der Waals surface area contributed by atoms with Crippen molar-refractivity contribution in [3.8, 4) is 0 Å². The fourth-order valence-electron chi connectivity index (χ4n) is 3.98. The minimum absolute atomic E-state index is 0.0839.